The molecule has 1 aliphatic rings. The van der Waals surface area contributed by atoms with Crippen molar-refractivity contribution in [2.75, 3.05) is 26.8 Å². The van der Waals surface area contributed by atoms with Gasteiger partial charge in [-0.15, -0.1) is 11.3 Å². The number of nitrogens with zero attached hydrogens (tertiary/aromatic N) is 1. The van der Waals surface area contributed by atoms with Gasteiger partial charge in [-0.2, -0.15) is 0 Å². The molecule has 1 aliphatic heterocycles. The Morgan fingerprint density at radius 3 is 2.70 bits per heavy atom. The molecule has 2 heterocycles. The van der Waals surface area contributed by atoms with E-state index in [2.05, 4.69) is 35.0 Å². The summed E-state index contributed by atoms with van der Waals surface area (Å²) < 4.78 is 5.53. The predicted molar refractivity (Wildman–Crippen MR) is 83.2 cm³/mol. The van der Waals surface area contributed by atoms with Gasteiger partial charge in [0.1, 0.15) is 5.01 Å². The Hall–Kier alpha value is -1.23. The number of benzene rings is 1. The van der Waals surface area contributed by atoms with Gasteiger partial charge in [0.15, 0.2) is 0 Å². The van der Waals surface area contributed by atoms with E-state index in [1.807, 2.05) is 13.1 Å². The zero-order chi connectivity index (χ0) is 13.8. The first-order chi connectivity index (χ1) is 9.84. The zero-order valence-corrected chi connectivity index (χ0v) is 12.6. The summed E-state index contributed by atoms with van der Waals surface area (Å²) in [5.41, 5.74) is 2.56. The number of likely N-dealkylation sites (N-methyl/N-ethyl adjacent to an activating group) is 1. The van der Waals surface area contributed by atoms with Crippen LogP contribution in [0.2, 0.25) is 0 Å². The van der Waals surface area contributed by atoms with Crippen LogP contribution in [0, 0.1) is 0 Å². The van der Waals surface area contributed by atoms with Crippen molar-refractivity contribution >= 4 is 11.3 Å². The first kappa shape index (κ1) is 13.7. The van der Waals surface area contributed by atoms with E-state index in [0.717, 1.165) is 37.6 Å². The molecule has 1 saturated heterocycles. The Labute approximate surface area is 124 Å². The largest absolute Gasteiger partial charge is 0.381 e. The highest BCUT2D eigenvalue weighted by Gasteiger charge is 2.36. The van der Waals surface area contributed by atoms with E-state index >= 15 is 0 Å². The molecule has 1 aromatic heterocycles. The third-order valence-corrected chi connectivity index (χ3v) is 4.92. The first-order valence-corrected chi connectivity index (χ1v) is 7.96. The van der Waals surface area contributed by atoms with E-state index < -0.39 is 0 Å². The summed E-state index contributed by atoms with van der Waals surface area (Å²) in [5.74, 6) is 0. The van der Waals surface area contributed by atoms with Crippen LogP contribution in [0.1, 0.15) is 18.5 Å². The lowest BCUT2D eigenvalue weighted by Crippen LogP contribution is -2.42. The van der Waals surface area contributed by atoms with Crippen molar-refractivity contribution in [1.29, 1.82) is 0 Å². The van der Waals surface area contributed by atoms with E-state index in [4.69, 9.17) is 9.72 Å². The molecule has 106 valence electrons. The minimum atomic E-state index is 0.135. The van der Waals surface area contributed by atoms with Gasteiger partial charge in [0, 0.05) is 36.1 Å². The average Bonchev–Trinajstić information content (AvgIpc) is 3.00. The molecule has 3 nitrogen and oxygen atoms in total. The Bertz CT molecular complexity index is 541. The molecule has 20 heavy (non-hydrogen) atoms. The van der Waals surface area contributed by atoms with Gasteiger partial charge in [0.25, 0.3) is 0 Å². The van der Waals surface area contributed by atoms with Crippen LogP contribution < -0.4 is 5.32 Å². The van der Waals surface area contributed by atoms with Gasteiger partial charge >= 0.3 is 0 Å². The molecule has 1 N–H and O–H groups in total. The average molecular weight is 288 g/mol. The fourth-order valence-electron chi connectivity index (χ4n) is 2.85. The Morgan fingerprint density at radius 2 is 2.00 bits per heavy atom. The van der Waals surface area contributed by atoms with Crippen molar-refractivity contribution in [2.24, 2.45) is 0 Å². The van der Waals surface area contributed by atoms with Crippen LogP contribution in [0.3, 0.4) is 0 Å². The summed E-state index contributed by atoms with van der Waals surface area (Å²) in [6.45, 7) is 2.63. The standard InChI is InChI=1S/C16H20N2OS/c1-17-12-16(7-9-19-10-8-16)14-11-20-15(18-14)13-5-3-2-4-6-13/h2-6,11,17H,7-10,12H2,1H3. The lowest BCUT2D eigenvalue weighted by molar-refractivity contribution is 0.0493. The van der Waals surface area contributed by atoms with E-state index in [9.17, 15) is 0 Å². The van der Waals surface area contributed by atoms with Crippen molar-refractivity contribution in [1.82, 2.24) is 10.3 Å². The second-order valence-electron chi connectivity index (χ2n) is 5.33. The normalized spacial score (nSPS) is 18.1. The van der Waals surface area contributed by atoms with E-state index in [1.165, 1.54) is 11.3 Å². The topological polar surface area (TPSA) is 34.2 Å². The molecule has 1 fully saturated rings. The monoisotopic (exact) mass is 288 g/mol. The molecule has 0 radical (unpaired) electrons. The third kappa shape index (κ3) is 2.64. The third-order valence-electron chi connectivity index (χ3n) is 4.03. The summed E-state index contributed by atoms with van der Waals surface area (Å²) >= 11 is 1.74. The SMILES string of the molecule is CNCC1(c2csc(-c3ccccc3)n2)CCOCC1. The number of nitrogens with one attached hydrogen (secondary N) is 1. The van der Waals surface area contributed by atoms with Crippen LogP contribution in [0.15, 0.2) is 35.7 Å². The molecule has 0 atom stereocenters. The van der Waals surface area contributed by atoms with Crippen molar-refractivity contribution in [3.05, 3.63) is 41.4 Å². The highest BCUT2D eigenvalue weighted by atomic mass is 32.1. The zero-order valence-electron chi connectivity index (χ0n) is 11.8. The van der Waals surface area contributed by atoms with Gasteiger partial charge in [-0.05, 0) is 19.9 Å². The number of hydrogen-bond donors (Lipinski definition) is 1. The molecule has 0 aliphatic carbocycles. The Morgan fingerprint density at radius 1 is 1.25 bits per heavy atom. The molecule has 0 bridgehead atoms. The lowest BCUT2D eigenvalue weighted by Gasteiger charge is -2.35. The molecule has 0 saturated carbocycles. The molecule has 0 unspecified atom stereocenters. The predicted octanol–water partition coefficient (Wildman–Crippen LogP) is 3.08. The summed E-state index contributed by atoms with van der Waals surface area (Å²) in [6.07, 6.45) is 2.09. The summed E-state index contributed by atoms with van der Waals surface area (Å²) in [5, 5.41) is 6.68. The molecular weight excluding hydrogens is 268 g/mol. The van der Waals surface area contributed by atoms with E-state index in [-0.39, 0.29) is 5.41 Å². The number of hydrogen-bond acceptors (Lipinski definition) is 4. The van der Waals surface area contributed by atoms with Gasteiger partial charge in [0.2, 0.25) is 0 Å². The van der Waals surface area contributed by atoms with Gasteiger partial charge in [-0.1, -0.05) is 30.3 Å². The molecule has 2 aromatic rings. The fourth-order valence-corrected chi connectivity index (χ4v) is 3.80. The van der Waals surface area contributed by atoms with Gasteiger partial charge in [-0.3, -0.25) is 0 Å². The van der Waals surface area contributed by atoms with Gasteiger partial charge in [0.05, 0.1) is 5.69 Å². The van der Waals surface area contributed by atoms with Gasteiger partial charge in [-0.25, -0.2) is 4.98 Å². The molecule has 4 heteroatoms. The van der Waals surface area contributed by atoms with Crippen molar-refractivity contribution in [3.63, 3.8) is 0 Å². The second-order valence-corrected chi connectivity index (χ2v) is 6.19. The van der Waals surface area contributed by atoms with E-state index in [0.29, 0.717) is 0 Å². The Kier molecular flexibility index (Phi) is 4.15. The van der Waals surface area contributed by atoms with Crippen molar-refractivity contribution < 1.29 is 4.74 Å². The van der Waals surface area contributed by atoms with Crippen LogP contribution in [0.5, 0.6) is 0 Å². The highest BCUT2D eigenvalue weighted by Crippen LogP contribution is 2.36. The van der Waals surface area contributed by atoms with E-state index in [1.54, 1.807) is 11.3 Å². The molecule has 0 spiro atoms. The maximum Gasteiger partial charge on any atom is 0.123 e. The van der Waals surface area contributed by atoms with Crippen LogP contribution in [-0.4, -0.2) is 31.8 Å². The maximum atomic E-state index is 5.53. The maximum absolute atomic E-state index is 5.53. The molecule has 1 aromatic carbocycles. The summed E-state index contributed by atoms with van der Waals surface area (Å²) in [7, 11) is 2.02. The van der Waals surface area contributed by atoms with Crippen LogP contribution in [0.4, 0.5) is 0 Å². The minimum absolute atomic E-state index is 0.135. The summed E-state index contributed by atoms with van der Waals surface area (Å²) in [4.78, 5) is 4.92. The molecular formula is C16H20N2OS. The number of aromatic nitrogens is 1. The van der Waals surface area contributed by atoms with Crippen LogP contribution >= 0.6 is 11.3 Å². The van der Waals surface area contributed by atoms with Crippen molar-refractivity contribution in [3.8, 4) is 10.6 Å². The number of rotatable bonds is 4. The van der Waals surface area contributed by atoms with Crippen LogP contribution in [0.25, 0.3) is 10.6 Å². The van der Waals surface area contributed by atoms with Crippen LogP contribution in [-0.2, 0) is 10.2 Å². The second kappa shape index (κ2) is 6.04. The lowest BCUT2D eigenvalue weighted by atomic mass is 9.77. The number of thiazole rings is 1. The minimum Gasteiger partial charge on any atom is -0.381 e. The molecule has 3 rings (SSSR count). The smallest absolute Gasteiger partial charge is 0.123 e. The van der Waals surface area contributed by atoms with Gasteiger partial charge < -0.3 is 10.1 Å². The quantitative estimate of drug-likeness (QED) is 0.939. The first-order valence-electron chi connectivity index (χ1n) is 7.08. The molecule has 0 amide bonds. The van der Waals surface area contributed by atoms with Crippen molar-refractivity contribution in [2.45, 2.75) is 18.3 Å². The number of ether oxygens (including phenoxy) is 1. The fraction of sp³-hybridized carbons (Fsp3) is 0.438. The Balaban J connectivity index is 1.91. The highest BCUT2D eigenvalue weighted by molar-refractivity contribution is 7.13. The summed E-state index contributed by atoms with van der Waals surface area (Å²) in [6, 6.07) is 10.4.